The molecule has 0 radical (unpaired) electrons. The normalized spacial score (nSPS) is 41.4. The number of piperidine rings is 1. The lowest BCUT2D eigenvalue weighted by Crippen LogP contribution is -2.46. The zero-order chi connectivity index (χ0) is 11.0. The molecule has 3 rings (SSSR count). The first-order chi connectivity index (χ1) is 7.88. The van der Waals surface area contributed by atoms with Gasteiger partial charge in [0.1, 0.15) is 0 Å². The summed E-state index contributed by atoms with van der Waals surface area (Å²) in [5, 5.41) is 3.43. The Labute approximate surface area is 99.2 Å². The minimum Gasteiger partial charge on any atom is -0.316 e. The Morgan fingerprint density at radius 1 is 0.875 bits per heavy atom. The average Bonchev–Trinajstić information content (AvgIpc) is 2.94. The van der Waals surface area contributed by atoms with Crippen molar-refractivity contribution in [3.8, 4) is 0 Å². The van der Waals surface area contributed by atoms with Crippen molar-refractivity contribution in [3.05, 3.63) is 0 Å². The molecule has 3 fully saturated rings. The molecule has 3 atom stereocenters. The Morgan fingerprint density at radius 2 is 1.69 bits per heavy atom. The molecular formula is C13H25N3. The molecule has 0 aromatic carbocycles. The SMILES string of the molecule is CNC1CCN(C2CCN3CCCCC23)C1. The number of likely N-dealkylation sites (N-methyl/N-ethyl adjacent to an activating group) is 1. The molecular weight excluding hydrogens is 198 g/mol. The molecule has 3 saturated heterocycles. The van der Waals surface area contributed by atoms with E-state index in [1.165, 1.54) is 58.3 Å². The van der Waals surface area contributed by atoms with Crippen LogP contribution in [0.2, 0.25) is 0 Å². The van der Waals surface area contributed by atoms with Crippen LogP contribution in [0.25, 0.3) is 0 Å². The van der Waals surface area contributed by atoms with Crippen molar-refractivity contribution < 1.29 is 0 Å². The Kier molecular flexibility index (Phi) is 3.18. The molecule has 92 valence electrons. The largest absolute Gasteiger partial charge is 0.316 e. The van der Waals surface area contributed by atoms with Crippen molar-refractivity contribution >= 4 is 0 Å². The molecule has 0 amide bonds. The van der Waals surface area contributed by atoms with Gasteiger partial charge in [-0.3, -0.25) is 9.80 Å². The number of nitrogens with one attached hydrogen (secondary N) is 1. The average molecular weight is 223 g/mol. The van der Waals surface area contributed by atoms with Crippen molar-refractivity contribution in [1.82, 2.24) is 15.1 Å². The van der Waals surface area contributed by atoms with Crippen LogP contribution in [0.1, 0.15) is 32.1 Å². The lowest BCUT2D eigenvalue weighted by Gasteiger charge is -2.36. The third-order valence-electron chi connectivity index (χ3n) is 4.92. The van der Waals surface area contributed by atoms with Gasteiger partial charge in [0.15, 0.2) is 0 Å². The van der Waals surface area contributed by atoms with Gasteiger partial charge in [-0.1, -0.05) is 6.42 Å². The highest BCUT2D eigenvalue weighted by Gasteiger charge is 2.40. The van der Waals surface area contributed by atoms with Crippen LogP contribution in [0.15, 0.2) is 0 Å². The fraction of sp³-hybridized carbons (Fsp3) is 1.00. The highest BCUT2D eigenvalue weighted by Crippen LogP contribution is 2.32. The van der Waals surface area contributed by atoms with Crippen molar-refractivity contribution in [2.45, 2.75) is 50.2 Å². The third kappa shape index (κ3) is 1.89. The van der Waals surface area contributed by atoms with Gasteiger partial charge in [-0.05, 0) is 39.3 Å². The van der Waals surface area contributed by atoms with Gasteiger partial charge in [0.2, 0.25) is 0 Å². The fourth-order valence-corrected chi connectivity index (χ4v) is 3.97. The molecule has 0 spiro atoms. The fourth-order valence-electron chi connectivity index (χ4n) is 3.97. The molecule has 3 aliphatic heterocycles. The smallest absolute Gasteiger partial charge is 0.0264 e. The molecule has 3 unspecified atom stereocenters. The van der Waals surface area contributed by atoms with Gasteiger partial charge in [0, 0.05) is 37.8 Å². The molecule has 0 aromatic rings. The molecule has 1 N–H and O–H groups in total. The lowest BCUT2D eigenvalue weighted by molar-refractivity contribution is 0.129. The highest BCUT2D eigenvalue weighted by molar-refractivity contribution is 4.98. The van der Waals surface area contributed by atoms with Crippen LogP contribution in [0.3, 0.4) is 0 Å². The van der Waals surface area contributed by atoms with E-state index in [0.29, 0.717) is 0 Å². The number of rotatable bonds is 2. The van der Waals surface area contributed by atoms with Gasteiger partial charge in [-0.15, -0.1) is 0 Å². The summed E-state index contributed by atoms with van der Waals surface area (Å²) in [4.78, 5) is 5.51. The van der Waals surface area contributed by atoms with Crippen LogP contribution in [0.5, 0.6) is 0 Å². The van der Waals surface area contributed by atoms with Gasteiger partial charge in [-0.25, -0.2) is 0 Å². The molecule has 3 heteroatoms. The monoisotopic (exact) mass is 223 g/mol. The van der Waals surface area contributed by atoms with Gasteiger partial charge in [-0.2, -0.15) is 0 Å². The Balaban J connectivity index is 1.62. The van der Waals surface area contributed by atoms with E-state index in [0.717, 1.165) is 18.1 Å². The standard InChI is InChI=1S/C13H25N3/c1-14-11-5-8-16(10-11)13-6-9-15-7-3-2-4-12(13)15/h11-14H,2-10H2,1H3. The molecule has 0 aromatic heterocycles. The van der Waals surface area contributed by atoms with Crippen molar-refractivity contribution in [2.75, 3.05) is 33.2 Å². The summed E-state index contributed by atoms with van der Waals surface area (Å²) in [6.45, 7) is 5.33. The number of likely N-dealkylation sites (tertiary alicyclic amines) is 1. The summed E-state index contributed by atoms with van der Waals surface area (Å²) >= 11 is 0. The van der Waals surface area contributed by atoms with Gasteiger partial charge in [0.05, 0.1) is 0 Å². The van der Waals surface area contributed by atoms with Crippen LogP contribution < -0.4 is 5.32 Å². The summed E-state index contributed by atoms with van der Waals surface area (Å²) in [6, 6.07) is 2.51. The summed E-state index contributed by atoms with van der Waals surface area (Å²) in [7, 11) is 2.11. The zero-order valence-electron chi connectivity index (χ0n) is 10.5. The molecule has 0 aliphatic carbocycles. The Morgan fingerprint density at radius 3 is 2.50 bits per heavy atom. The van der Waals surface area contributed by atoms with E-state index in [1.807, 2.05) is 0 Å². The van der Waals surface area contributed by atoms with Crippen LogP contribution in [-0.4, -0.2) is 61.2 Å². The van der Waals surface area contributed by atoms with Crippen molar-refractivity contribution in [1.29, 1.82) is 0 Å². The molecule has 0 bridgehead atoms. The van der Waals surface area contributed by atoms with Gasteiger partial charge in [0.25, 0.3) is 0 Å². The number of hydrogen-bond donors (Lipinski definition) is 1. The topological polar surface area (TPSA) is 18.5 Å². The molecule has 0 saturated carbocycles. The quantitative estimate of drug-likeness (QED) is 0.750. The summed E-state index contributed by atoms with van der Waals surface area (Å²) in [6.07, 6.45) is 7.11. The Bertz CT molecular complexity index is 243. The van der Waals surface area contributed by atoms with Crippen molar-refractivity contribution in [2.24, 2.45) is 0 Å². The highest BCUT2D eigenvalue weighted by atomic mass is 15.3. The number of fused-ring (bicyclic) bond motifs is 1. The molecule has 3 aliphatic rings. The number of nitrogens with zero attached hydrogens (tertiary/aromatic N) is 2. The minimum atomic E-state index is 0.748. The van der Waals surface area contributed by atoms with Crippen molar-refractivity contribution in [3.63, 3.8) is 0 Å². The minimum absolute atomic E-state index is 0.748. The van der Waals surface area contributed by atoms with Gasteiger partial charge >= 0.3 is 0 Å². The van der Waals surface area contributed by atoms with E-state index >= 15 is 0 Å². The first kappa shape index (κ1) is 11.0. The van der Waals surface area contributed by atoms with E-state index in [1.54, 1.807) is 0 Å². The van der Waals surface area contributed by atoms with E-state index in [2.05, 4.69) is 22.2 Å². The van der Waals surface area contributed by atoms with E-state index in [4.69, 9.17) is 0 Å². The van der Waals surface area contributed by atoms with E-state index in [9.17, 15) is 0 Å². The maximum atomic E-state index is 3.43. The molecule has 16 heavy (non-hydrogen) atoms. The van der Waals surface area contributed by atoms with Gasteiger partial charge < -0.3 is 5.32 Å². The van der Waals surface area contributed by atoms with E-state index < -0.39 is 0 Å². The maximum absolute atomic E-state index is 3.43. The summed E-state index contributed by atoms with van der Waals surface area (Å²) in [5.74, 6) is 0. The van der Waals surface area contributed by atoms with Crippen LogP contribution in [0.4, 0.5) is 0 Å². The second-order valence-electron chi connectivity index (χ2n) is 5.72. The van der Waals surface area contributed by atoms with Crippen LogP contribution in [0, 0.1) is 0 Å². The van der Waals surface area contributed by atoms with E-state index in [-0.39, 0.29) is 0 Å². The predicted molar refractivity (Wildman–Crippen MR) is 66.7 cm³/mol. The lowest BCUT2D eigenvalue weighted by atomic mass is 9.98. The molecule has 3 nitrogen and oxygen atoms in total. The second kappa shape index (κ2) is 4.63. The predicted octanol–water partition coefficient (Wildman–Crippen LogP) is 0.907. The maximum Gasteiger partial charge on any atom is 0.0264 e. The first-order valence-electron chi connectivity index (χ1n) is 7.04. The van der Waals surface area contributed by atoms with Crippen LogP contribution in [-0.2, 0) is 0 Å². The summed E-state index contributed by atoms with van der Waals surface area (Å²) in [5.41, 5.74) is 0. The summed E-state index contributed by atoms with van der Waals surface area (Å²) < 4.78 is 0. The first-order valence-corrected chi connectivity index (χ1v) is 7.04. The molecule has 3 heterocycles. The zero-order valence-corrected chi connectivity index (χ0v) is 10.5. The number of hydrogen-bond acceptors (Lipinski definition) is 3. The Hall–Kier alpha value is -0.120. The van der Waals surface area contributed by atoms with Crippen LogP contribution >= 0.6 is 0 Å². The third-order valence-corrected chi connectivity index (χ3v) is 4.92. The second-order valence-corrected chi connectivity index (χ2v) is 5.72.